The summed E-state index contributed by atoms with van der Waals surface area (Å²) in [5.41, 5.74) is 15.5. The lowest BCUT2D eigenvalue weighted by Crippen LogP contribution is -2.10. The van der Waals surface area contributed by atoms with Crippen LogP contribution in [0.2, 0.25) is 0 Å². The van der Waals surface area contributed by atoms with Crippen LogP contribution in [0.3, 0.4) is 0 Å². The number of furan rings is 1. The van der Waals surface area contributed by atoms with Gasteiger partial charge in [0, 0.05) is 70.0 Å². The third-order valence-corrected chi connectivity index (χ3v) is 13.9. The summed E-state index contributed by atoms with van der Waals surface area (Å²) >= 11 is 1.86. The number of para-hydroxylation sites is 3. The van der Waals surface area contributed by atoms with Crippen molar-refractivity contribution < 1.29 is 4.42 Å². The van der Waals surface area contributed by atoms with Crippen molar-refractivity contribution in [2.75, 3.05) is 4.90 Å². The third-order valence-electron chi connectivity index (χ3n) is 12.8. The highest BCUT2D eigenvalue weighted by molar-refractivity contribution is 7.25. The van der Waals surface area contributed by atoms with Gasteiger partial charge in [0.2, 0.25) is 0 Å². The number of fused-ring (bicyclic) bond motifs is 9. The van der Waals surface area contributed by atoms with Crippen LogP contribution in [0.15, 0.2) is 235 Å². The van der Waals surface area contributed by atoms with E-state index < -0.39 is 0 Å². The molecule has 13 aromatic rings. The monoisotopic (exact) mass is 834 g/mol. The second-order valence-electron chi connectivity index (χ2n) is 16.5. The van der Waals surface area contributed by atoms with E-state index in [-0.39, 0.29) is 0 Å². The highest BCUT2D eigenvalue weighted by atomic mass is 32.1. The average molecular weight is 835 g/mol. The maximum atomic E-state index is 6.52. The first kappa shape index (κ1) is 36.5. The molecule has 0 saturated carbocycles. The number of rotatable bonds is 7. The van der Waals surface area contributed by atoms with E-state index in [0.717, 1.165) is 72.5 Å². The van der Waals surface area contributed by atoms with Crippen LogP contribution >= 0.6 is 11.3 Å². The minimum atomic E-state index is 0.889. The fraction of sp³-hybridized carbons (Fsp3) is 0. The van der Waals surface area contributed by atoms with Gasteiger partial charge in [0.25, 0.3) is 0 Å². The average Bonchev–Trinajstić information content (AvgIpc) is 4.04. The summed E-state index contributed by atoms with van der Waals surface area (Å²) in [6, 6.07) is 83.4. The maximum absolute atomic E-state index is 6.52. The van der Waals surface area contributed by atoms with Crippen molar-refractivity contribution in [3.05, 3.63) is 231 Å². The number of anilines is 3. The van der Waals surface area contributed by atoms with E-state index in [1.54, 1.807) is 0 Å². The Morgan fingerprint density at radius 1 is 0.344 bits per heavy atom. The largest absolute Gasteiger partial charge is 0.455 e. The standard InChI is InChI=1S/C60H38N2OS/c1-3-12-41(13-4-1)48-18-11-19-53-54-36-42(27-35-57(54)63-60(48)53)39-22-28-45(29-23-39)61(46-30-24-40(25-31-46)43-26-33-52-51-17-8-10-21-58(51)64-59(52)37-43)47-32-34-50-49-16-7-9-20-55(49)62(56(50)38-47)44-14-5-2-6-15-44/h1-38H. The summed E-state index contributed by atoms with van der Waals surface area (Å²) in [6.07, 6.45) is 0. The molecule has 0 aliphatic carbocycles. The molecule has 13 rings (SSSR count). The molecule has 0 amide bonds. The summed E-state index contributed by atoms with van der Waals surface area (Å²) in [6.45, 7) is 0. The van der Waals surface area contributed by atoms with Crippen LogP contribution in [0, 0.1) is 0 Å². The molecule has 0 aliphatic rings. The van der Waals surface area contributed by atoms with Crippen molar-refractivity contribution in [1.29, 1.82) is 0 Å². The van der Waals surface area contributed by atoms with Crippen LogP contribution in [-0.4, -0.2) is 4.57 Å². The first-order valence-electron chi connectivity index (χ1n) is 21.7. The van der Waals surface area contributed by atoms with E-state index in [9.17, 15) is 0 Å². The summed E-state index contributed by atoms with van der Waals surface area (Å²) < 4.78 is 11.5. The fourth-order valence-electron chi connectivity index (χ4n) is 9.73. The smallest absolute Gasteiger partial charge is 0.143 e. The molecule has 0 fully saturated rings. The Morgan fingerprint density at radius 3 is 1.70 bits per heavy atom. The molecule has 0 atom stereocenters. The summed E-state index contributed by atoms with van der Waals surface area (Å²) in [4.78, 5) is 2.38. The normalized spacial score (nSPS) is 11.8. The molecule has 0 radical (unpaired) electrons. The van der Waals surface area contributed by atoms with Crippen LogP contribution in [0.5, 0.6) is 0 Å². The molecule has 64 heavy (non-hydrogen) atoms. The van der Waals surface area contributed by atoms with E-state index in [0.29, 0.717) is 0 Å². The minimum absolute atomic E-state index is 0.889. The Hall–Kier alpha value is -8.18. The van der Waals surface area contributed by atoms with Gasteiger partial charge in [-0.05, 0) is 107 Å². The quantitative estimate of drug-likeness (QED) is 0.159. The molecule has 4 heteroatoms. The van der Waals surface area contributed by atoms with Gasteiger partial charge >= 0.3 is 0 Å². The lowest BCUT2D eigenvalue weighted by Gasteiger charge is -2.26. The Labute approximate surface area is 373 Å². The van der Waals surface area contributed by atoms with Crippen molar-refractivity contribution >= 4 is 92.3 Å². The Morgan fingerprint density at radius 2 is 0.922 bits per heavy atom. The highest BCUT2D eigenvalue weighted by Crippen LogP contribution is 2.43. The lowest BCUT2D eigenvalue weighted by molar-refractivity contribution is 0.670. The zero-order valence-electron chi connectivity index (χ0n) is 34.7. The number of hydrogen-bond acceptors (Lipinski definition) is 3. The zero-order valence-corrected chi connectivity index (χ0v) is 35.5. The number of aromatic nitrogens is 1. The van der Waals surface area contributed by atoms with E-state index in [2.05, 4.69) is 234 Å². The Balaban J connectivity index is 0.924. The topological polar surface area (TPSA) is 21.3 Å². The van der Waals surface area contributed by atoms with Gasteiger partial charge in [0.15, 0.2) is 0 Å². The van der Waals surface area contributed by atoms with Crippen LogP contribution in [0.4, 0.5) is 17.1 Å². The third kappa shape index (κ3) is 5.95. The van der Waals surface area contributed by atoms with Gasteiger partial charge in [0.05, 0.1) is 11.0 Å². The van der Waals surface area contributed by atoms with E-state index in [1.807, 2.05) is 17.4 Å². The Kier molecular flexibility index (Phi) is 8.40. The molecule has 0 N–H and O–H groups in total. The fourth-order valence-corrected chi connectivity index (χ4v) is 10.9. The van der Waals surface area contributed by atoms with Crippen molar-refractivity contribution in [1.82, 2.24) is 4.57 Å². The van der Waals surface area contributed by atoms with Crippen molar-refractivity contribution in [3.8, 4) is 39.1 Å². The van der Waals surface area contributed by atoms with Crippen molar-refractivity contribution in [3.63, 3.8) is 0 Å². The molecule has 0 spiro atoms. The molecule has 0 saturated heterocycles. The minimum Gasteiger partial charge on any atom is -0.455 e. The van der Waals surface area contributed by atoms with Gasteiger partial charge < -0.3 is 13.9 Å². The zero-order chi connectivity index (χ0) is 42.1. The molecule has 3 nitrogen and oxygen atoms in total. The van der Waals surface area contributed by atoms with Crippen LogP contribution in [0.25, 0.3) is 103 Å². The van der Waals surface area contributed by atoms with Gasteiger partial charge in [-0.15, -0.1) is 11.3 Å². The van der Waals surface area contributed by atoms with Crippen molar-refractivity contribution in [2.45, 2.75) is 0 Å². The molecule has 3 heterocycles. The molecular weight excluding hydrogens is 797 g/mol. The maximum Gasteiger partial charge on any atom is 0.143 e. The molecule has 300 valence electrons. The SMILES string of the molecule is c1ccc(-c2cccc3c2oc2ccc(-c4ccc(N(c5ccc(-c6ccc7c(c6)sc6ccccc67)cc5)c5ccc6c7ccccc7n(-c7ccccc7)c6c5)cc4)cc23)cc1. The summed E-state index contributed by atoms with van der Waals surface area (Å²) in [5, 5.41) is 7.34. The van der Waals surface area contributed by atoms with E-state index in [1.165, 1.54) is 47.6 Å². The molecule has 10 aromatic carbocycles. The Bertz CT molecular complexity index is 3880. The lowest BCUT2D eigenvalue weighted by atomic mass is 10.00. The summed E-state index contributed by atoms with van der Waals surface area (Å²) in [5.74, 6) is 0. The molecule has 0 unspecified atom stereocenters. The highest BCUT2D eigenvalue weighted by Gasteiger charge is 2.19. The second kappa shape index (κ2) is 14.7. The number of benzene rings is 10. The summed E-state index contributed by atoms with van der Waals surface area (Å²) in [7, 11) is 0. The predicted octanol–water partition coefficient (Wildman–Crippen LogP) is 17.5. The van der Waals surface area contributed by atoms with Gasteiger partial charge in [-0.3, -0.25) is 0 Å². The number of thiophene rings is 1. The van der Waals surface area contributed by atoms with Gasteiger partial charge in [-0.1, -0.05) is 152 Å². The number of nitrogens with zero attached hydrogens (tertiary/aromatic N) is 2. The number of hydrogen-bond donors (Lipinski definition) is 0. The van der Waals surface area contributed by atoms with Crippen LogP contribution in [-0.2, 0) is 0 Å². The van der Waals surface area contributed by atoms with Crippen LogP contribution in [0.1, 0.15) is 0 Å². The van der Waals surface area contributed by atoms with Gasteiger partial charge in [-0.25, -0.2) is 0 Å². The van der Waals surface area contributed by atoms with E-state index in [4.69, 9.17) is 4.42 Å². The van der Waals surface area contributed by atoms with Crippen molar-refractivity contribution in [2.24, 2.45) is 0 Å². The van der Waals surface area contributed by atoms with Crippen LogP contribution < -0.4 is 4.90 Å². The van der Waals surface area contributed by atoms with Gasteiger partial charge in [0.1, 0.15) is 11.2 Å². The first-order valence-corrected chi connectivity index (χ1v) is 22.6. The second-order valence-corrected chi connectivity index (χ2v) is 17.6. The molecule has 0 bridgehead atoms. The molecule has 3 aromatic heterocycles. The van der Waals surface area contributed by atoms with E-state index >= 15 is 0 Å². The molecular formula is C60H38N2OS. The molecule has 0 aliphatic heterocycles. The first-order chi connectivity index (χ1) is 31.7. The predicted molar refractivity (Wildman–Crippen MR) is 272 cm³/mol. The van der Waals surface area contributed by atoms with Gasteiger partial charge in [-0.2, -0.15) is 0 Å².